The van der Waals surface area contributed by atoms with E-state index in [9.17, 15) is 4.79 Å². The van der Waals surface area contributed by atoms with Crippen molar-refractivity contribution in [2.45, 2.75) is 19.9 Å². The van der Waals surface area contributed by atoms with Crippen molar-refractivity contribution in [2.75, 3.05) is 0 Å². The normalized spacial score (nSPS) is 10.3. The fourth-order valence-corrected chi connectivity index (χ4v) is 1.22. The van der Waals surface area contributed by atoms with Gasteiger partial charge in [0.25, 0.3) is 5.91 Å². The van der Waals surface area contributed by atoms with Crippen molar-refractivity contribution in [2.24, 2.45) is 0 Å². The van der Waals surface area contributed by atoms with Crippen LogP contribution in [-0.2, 0) is 0 Å². The first-order valence-electron chi connectivity index (χ1n) is 3.65. The molecule has 1 amide bonds. The van der Waals surface area contributed by atoms with E-state index in [-0.39, 0.29) is 11.9 Å². The Bertz CT molecular complexity index is 280. The van der Waals surface area contributed by atoms with E-state index in [4.69, 9.17) is 4.42 Å². The van der Waals surface area contributed by atoms with Crippen LogP contribution in [0.1, 0.15) is 24.2 Å². The number of hydrogen-bond acceptors (Lipinski definition) is 2. The molecule has 0 bridgehead atoms. The van der Waals surface area contributed by atoms with Crippen LogP contribution in [0, 0.1) is 0 Å². The van der Waals surface area contributed by atoms with E-state index in [0.29, 0.717) is 10.2 Å². The summed E-state index contributed by atoms with van der Waals surface area (Å²) in [7, 11) is 0. The average Bonchev–Trinajstić information content (AvgIpc) is 2.33. The van der Waals surface area contributed by atoms with Crippen molar-refractivity contribution >= 4 is 21.8 Å². The second-order valence-corrected chi connectivity index (χ2v) is 3.46. The molecule has 0 atom stereocenters. The second kappa shape index (κ2) is 3.76. The summed E-state index contributed by atoms with van der Waals surface area (Å²) in [5.74, 6) is -0.120. The molecular weight excluding hydrogens is 222 g/mol. The van der Waals surface area contributed by atoms with Crippen LogP contribution in [0.3, 0.4) is 0 Å². The molecule has 0 aromatic carbocycles. The van der Waals surface area contributed by atoms with Gasteiger partial charge in [-0.05, 0) is 35.8 Å². The zero-order valence-corrected chi connectivity index (χ0v) is 8.51. The Morgan fingerprint density at radius 2 is 2.33 bits per heavy atom. The highest BCUT2D eigenvalue weighted by atomic mass is 79.9. The number of carbonyl (C=O) groups is 1. The first kappa shape index (κ1) is 9.32. The van der Waals surface area contributed by atoms with Gasteiger partial charge in [-0.2, -0.15) is 0 Å². The smallest absolute Gasteiger partial charge is 0.255 e. The Labute approximate surface area is 79.3 Å². The van der Waals surface area contributed by atoms with Crippen molar-refractivity contribution < 1.29 is 9.21 Å². The topological polar surface area (TPSA) is 42.2 Å². The number of amides is 1. The summed E-state index contributed by atoms with van der Waals surface area (Å²) in [6.45, 7) is 3.82. The van der Waals surface area contributed by atoms with E-state index in [1.807, 2.05) is 13.8 Å². The van der Waals surface area contributed by atoms with Crippen LogP contribution in [0.4, 0.5) is 0 Å². The Morgan fingerprint density at radius 1 is 1.67 bits per heavy atom. The molecule has 12 heavy (non-hydrogen) atoms. The molecule has 1 N–H and O–H groups in total. The molecule has 0 saturated heterocycles. The van der Waals surface area contributed by atoms with E-state index in [2.05, 4.69) is 21.2 Å². The van der Waals surface area contributed by atoms with Crippen LogP contribution in [0.2, 0.25) is 0 Å². The first-order valence-corrected chi connectivity index (χ1v) is 4.44. The molecule has 1 aromatic heterocycles. The highest BCUT2D eigenvalue weighted by Crippen LogP contribution is 2.17. The maximum Gasteiger partial charge on any atom is 0.255 e. The van der Waals surface area contributed by atoms with E-state index in [0.717, 1.165) is 0 Å². The lowest BCUT2D eigenvalue weighted by molar-refractivity contribution is 0.0941. The van der Waals surface area contributed by atoms with E-state index >= 15 is 0 Å². The number of halogens is 1. The van der Waals surface area contributed by atoms with Crippen molar-refractivity contribution in [1.29, 1.82) is 0 Å². The number of nitrogens with one attached hydrogen (secondary N) is 1. The largest absolute Gasteiger partial charge is 0.457 e. The molecule has 0 fully saturated rings. The van der Waals surface area contributed by atoms with Gasteiger partial charge in [-0.15, -0.1) is 0 Å². The lowest BCUT2D eigenvalue weighted by Crippen LogP contribution is -2.29. The third-order valence-electron chi connectivity index (χ3n) is 1.28. The molecule has 0 aliphatic heterocycles. The van der Waals surface area contributed by atoms with E-state index in [1.165, 1.54) is 6.26 Å². The number of furan rings is 1. The molecule has 3 nitrogen and oxygen atoms in total. The maximum absolute atomic E-state index is 11.3. The molecule has 0 saturated carbocycles. The number of carbonyl (C=O) groups excluding carboxylic acids is 1. The van der Waals surface area contributed by atoms with Gasteiger partial charge in [0.15, 0.2) is 4.67 Å². The lowest BCUT2D eigenvalue weighted by Gasteiger charge is -2.05. The van der Waals surface area contributed by atoms with Crippen LogP contribution >= 0.6 is 15.9 Å². The fourth-order valence-electron chi connectivity index (χ4n) is 0.796. The van der Waals surface area contributed by atoms with Gasteiger partial charge in [-0.3, -0.25) is 4.79 Å². The third kappa shape index (κ3) is 2.11. The molecule has 1 rings (SSSR count). The third-order valence-corrected chi connectivity index (χ3v) is 1.90. The van der Waals surface area contributed by atoms with Crippen molar-refractivity contribution in [3.05, 3.63) is 22.6 Å². The lowest BCUT2D eigenvalue weighted by atomic mass is 10.3. The summed E-state index contributed by atoms with van der Waals surface area (Å²) in [6, 6.07) is 1.77. The standard InChI is InChI=1S/C8H10BrNO2/c1-5(2)10-8(11)6-3-4-12-7(6)9/h3-5H,1-2H3,(H,10,11). The van der Waals surface area contributed by atoms with Gasteiger partial charge >= 0.3 is 0 Å². The summed E-state index contributed by atoms with van der Waals surface area (Å²) in [6.07, 6.45) is 1.47. The van der Waals surface area contributed by atoms with Crippen LogP contribution in [0.15, 0.2) is 21.4 Å². The summed E-state index contributed by atoms with van der Waals surface area (Å²) >= 11 is 3.13. The molecule has 1 heterocycles. The molecule has 0 unspecified atom stereocenters. The van der Waals surface area contributed by atoms with Crippen LogP contribution in [0.5, 0.6) is 0 Å². The van der Waals surface area contributed by atoms with Crippen LogP contribution in [-0.4, -0.2) is 11.9 Å². The second-order valence-electron chi connectivity index (χ2n) is 2.74. The maximum atomic E-state index is 11.3. The molecule has 1 aromatic rings. The summed E-state index contributed by atoms with van der Waals surface area (Å²) < 4.78 is 5.40. The molecule has 66 valence electrons. The average molecular weight is 232 g/mol. The zero-order chi connectivity index (χ0) is 9.14. The molecule has 0 aliphatic rings. The van der Waals surface area contributed by atoms with Crippen molar-refractivity contribution in [3.8, 4) is 0 Å². The summed E-state index contributed by atoms with van der Waals surface area (Å²) in [5.41, 5.74) is 0.531. The van der Waals surface area contributed by atoms with Gasteiger partial charge < -0.3 is 9.73 Å². The van der Waals surface area contributed by atoms with Gasteiger partial charge in [0.1, 0.15) is 0 Å². The molecule has 4 heteroatoms. The minimum Gasteiger partial charge on any atom is -0.457 e. The first-order chi connectivity index (χ1) is 5.61. The molecule has 0 radical (unpaired) electrons. The number of rotatable bonds is 2. The van der Waals surface area contributed by atoms with Gasteiger partial charge in [0.05, 0.1) is 11.8 Å². The minimum absolute atomic E-state index is 0.120. The van der Waals surface area contributed by atoms with Gasteiger partial charge in [-0.1, -0.05) is 0 Å². The molecule has 0 spiro atoms. The SMILES string of the molecule is CC(C)NC(=O)c1ccoc1Br. The van der Waals surface area contributed by atoms with Gasteiger partial charge in [0, 0.05) is 6.04 Å². The molecule has 0 aliphatic carbocycles. The molecular formula is C8H10BrNO2. The highest BCUT2D eigenvalue weighted by Gasteiger charge is 2.12. The van der Waals surface area contributed by atoms with Crippen LogP contribution < -0.4 is 5.32 Å². The fraction of sp³-hybridized carbons (Fsp3) is 0.375. The number of hydrogen-bond donors (Lipinski definition) is 1. The van der Waals surface area contributed by atoms with E-state index in [1.54, 1.807) is 6.07 Å². The Morgan fingerprint density at radius 3 is 2.75 bits per heavy atom. The van der Waals surface area contributed by atoms with Gasteiger partial charge in [0.2, 0.25) is 0 Å². The predicted octanol–water partition coefficient (Wildman–Crippen LogP) is 2.18. The summed E-state index contributed by atoms with van der Waals surface area (Å²) in [5, 5.41) is 2.76. The minimum atomic E-state index is -0.120. The highest BCUT2D eigenvalue weighted by molar-refractivity contribution is 9.10. The Hall–Kier alpha value is -0.770. The quantitative estimate of drug-likeness (QED) is 0.849. The van der Waals surface area contributed by atoms with Crippen molar-refractivity contribution in [1.82, 2.24) is 5.32 Å². The monoisotopic (exact) mass is 231 g/mol. The zero-order valence-electron chi connectivity index (χ0n) is 6.93. The van der Waals surface area contributed by atoms with E-state index < -0.39 is 0 Å². The predicted molar refractivity (Wildman–Crippen MR) is 49.0 cm³/mol. The Balaban J connectivity index is 2.72. The Kier molecular flexibility index (Phi) is 2.92. The van der Waals surface area contributed by atoms with Crippen LogP contribution in [0.25, 0.3) is 0 Å². The van der Waals surface area contributed by atoms with Gasteiger partial charge in [-0.25, -0.2) is 0 Å². The van der Waals surface area contributed by atoms with Crippen molar-refractivity contribution in [3.63, 3.8) is 0 Å². The summed E-state index contributed by atoms with van der Waals surface area (Å²) in [4.78, 5) is 11.3.